The van der Waals surface area contributed by atoms with Gasteiger partial charge in [-0.15, -0.1) is 0 Å². The number of hydrogen-bond donors (Lipinski definition) is 0. The van der Waals surface area contributed by atoms with Crippen molar-refractivity contribution in [3.05, 3.63) is 64.1 Å². The molecule has 0 aliphatic carbocycles. The van der Waals surface area contributed by atoms with E-state index in [4.69, 9.17) is 0 Å². The number of ketones is 1. The first kappa shape index (κ1) is 11.7. The van der Waals surface area contributed by atoms with Gasteiger partial charge in [-0.1, -0.05) is 24.3 Å². The minimum absolute atomic E-state index is 0.190. The number of carbonyl (C=O) groups excluding carboxylic acids is 1. The third-order valence-electron chi connectivity index (χ3n) is 3.49. The summed E-state index contributed by atoms with van der Waals surface area (Å²) in [5.74, 6) is -0.190. The Bertz CT molecular complexity index is 875. The van der Waals surface area contributed by atoms with E-state index in [-0.39, 0.29) is 16.8 Å². The van der Waals surface area contributed by atoms with Gasteiger partial charge in [0.1, 0.15) is 0 Å². The predicted octanol–water partition coefficient (Wildman–Crippen LogP) is 2.96. The molecular formula is C16H13NO2. The number of Topliss-reactive ketones (excluding diaryl/α,β-unsaturated/α-hetero) is 1. The molecule has 2 heterocycles. The lowest BCUT2D eigenvalue weighted by Crippen LogP contribution is -2.17. The lowest BCUT2D eigenvalue weighted by atomic mass is 10.1. The monoisotopic (exact) mass is 251 g/mol. The number of rotatable bonds is 1. The molecule has 0 aliphatic heterocycles. The molecule has 0 spiro atoms. The number of aryl methyl sites for hydroxylation is 1. The van der Waals surface area contributed by atoms with Crippen molar-refractivity contribution in [2.75, 3.05) is 0 Å². The predicted molar refractivity (Wildman–Crippen MR) is 75.9 cm³/mol. The molecule has 0 aliphatic rings. The highest BCUT2D eigenvalue weighted by atomic mass is 16.1. The van der Waals surface area contributed by atoms with Crippen LogP contribution in [0.2, 0.25) is 0 Å². The summed E-state index contributed by atoms with van der Waals surface area (Å²) < 4.78 is 1.90. The van der Waals surface area contributed by atoms with Crippen molar-refractivity contribution in [2.45, 2.75) is 13.8 Å². The summed E-state index contributed by atoms with van der Waals surface area (Å²) >= 11 is 0. The van der Waals surface area contributed by atoms with Crippen molar-refractivity contribution in [3.63, 3.8) is 0 Å². The molecule has 0 saturated heterocycles. The topological polar surface area (TPSA) is 38.5 Å². The molecule has 2 aromatic heterocycles. The molecule has 0 atom stereocenters. The second-order valence-corrected chi connectivity index (χ2v) is 4.68. The van der Waals surface area contributed by atoms with E-state index in [0.29, 0.717) is 5.69 Å². The highest BCUT2D eigenvalue weighted by Crippen LogP contribution is 2.20. The quantitative estimate of drug-likeness (QED) is 0.492. The van der Waals surface area contributed by atoms with Crippen LogP contribution in [0.25, 0.3) is 16.3 Å². The van der Waals surface area contributed by atoms with Crippen LogP contribution in [0.15, 0.2) is 47.4 Å². The van der Waals surface area contributed by atoms with Crippen LogP contribution in [0.5, 0.6) is 0 Å². The Hall–Kier alpha value is -2.42. The molecule has 1 aromatic carbocycles. The average Bonchev–Trinajstić information content (AvgIpc) is 2.38. The fraction of sp³-hybridized carbons (Fsp3) is 0.125. The molecule has 3 rings (SSSR count). The fourth-order valence-electron chi connectivity index (χ4n) is 2.60. The Kier molecular flexibility index (Phi) is 2.49. The van der Waals surface area contributed by atoms with E-state index in [1.165, 1.54) is 6.92 Å². The number of carbonyl (C=O) groups is 1. The summed E-state index contributed by atoms with van der Waals surface area (Å²) in [4.78, 5) is 23.7. The molecule has 0 bridgehead atoms. The van der Waals surface area contributed by atoms with E-state index >= 15 is 0 Å². The molecule has 3 aromatic rings. The molecule has 94 valence electrons. The van der Waals surface area contributed by atoms with Crippen molar-refractivity contribution < 1.29 is 4.79 Å². The number of hydrogen-bond acceptors (Lipinski definition) is 2. The van der Waals surface area contributed by atoms with Gasteiger partial charge in [0.05, 0.1) is 11.1 Å². The third kappa shape index (κ3) is 1.66. The zero-order valence-corrected chi connectivity index (χ0v) is 10.8. The van der Waals surface area contributed by atoms with Gasteiger partial charge in [0, 0.05) is 23.3 Å². The second kappa shape index (κ2) is 4.05. The van der Waals surface area contributed by atoms with Crippen LogP contribution in [-0.2, 0) is 0 Å². The maximum Gasteiger partial charge on any atom is 0.193 e. The minimum Gasteiger partial charge on any atom is -0.320 e. The molecule has 0 saturated carbocycles. The van der Waals surface area contributed by atoms with Gasteiger partial charge in [0.25, 0.3) is 0 Å². The largest absolute Gasteiger partial charge is 0.320 e. The summed E-state index contributed by atoms with van der Waals surface area (Å²) in [5, 5.41) is 2.09. The third-order valence-corrected chi connectivity index (χ3v) is 3.49. The average molecular weight is 251 g/mol. The van der Waals surface area contributed by atoms with E-state index in [2.05, 4.69) is 0 Å². The smallest absolute Gasteiger partial charge is 0.193 e. The van der Waals surface area contributed by atoms with E-state index in [1.807, 2.05) is 40.9 Å². The van der Waals surface area contributed by atoms with Gasteiger partial charge in [0.2, 0.25) is 0 Å². The van der Waals surface area contributed by atoms with Gasteiger partial charge in [-0.25, -0.2) is 0 Å². The van der Waals surface area contributed by atoms with E-state index in [0.717, 1.165) is 16.3 Å². The van der Waals surface area contributed by atoms with Crippen LogP contribution in [0.1, 0.15) is 23.0 Å². The highest BCUT2D eigenvalue weighted by molar-refractivity contribution is 5.99. The van der Waals surface area contributed by atoms with Crippen molar-refractivity contribution in [3.8, 4) is 0 Å². The number of pyridine rings is 2. The number of fused-ring (bicyclic) bond motifs is 3. The fourth-order valence-corrected chi connectivity index (χ4v) is 2.60. The van der Waals surface area contributed by atoms with Gasteiger partial charge in [0.15, 0.2) is 11.2 Å². The zero-order chi connectivity index (χ0) is 13.6. The Balaban J connectivity index is 2.57. The van der Waals surface area contributed by atoms with E-state index < -0.39 is 0 Å². The Morgan fingerprint density at radius 3 is 2.63 bits per heavy atom. The highest BCUT2D eigenvalue weighted by Gasteiger charge is 2.13. The molecule has 19 heavy (non-hydrogen) atoms. The first-order valence-corrected chi connectivity index (χ1v) is 6.14. The van der Waals surface area contributed by atoms with Crippen LogP contribution in [0, 0.1) is 6.92 Å². The van der Waals surface area contributed by atoms with Gasteiger partial charge in [-0.2, -0.15) is 0 Å². The SMILES string of the molecule is CC(=O)c1c(C)n2ccc3ccccc3c2cc1=O. The molecule has 0 unspecified atom stereocenters. The van der Waals surface area contributed by atoms with E-state index in [1.54, 1.807) is 13.0 Å². The Labute approximate surface area is 110 Å². The van der Waals surface area contributed by atoms with E-state index in [9.17, 15) is 9.59 Å². The number of aromatic nitrogens is 1. The zero-order valence-electron chi connectivity index (χ0n) is 10.8. The first-order chi connectivity index (χ1) is 9.09. The van der Waals surface area contributed by atoms with Crippen LogP contribution in [0.3, 0.4) is 0 Å². The van der Waals surface area contributed by atoms with Gasteiger partial charge >= 0.3 is 0 Å². The molecule has 0 amide bonds. The summed E-state index contributed by atoms with van der Waals surface area (Å²) in [6.45, 7) is 3.23. The second-order valence-electron chi connectivity index (χ2n) is 4.68. The van der Waals surface area contributed by atoms with Crippen molar-refractivity contribution >= 4 is 22.1 Å². The summed E-state index contributed by atoms with van der Waals surface area (Å²) in [6.07, 6.45) is 1.90. The molecule has 0 radical (unpaired) electrons. The van der Waals surface area contributed by atoms with Crippen LogP contribution >= 0.6 is 0 Å². The minimum atomic E-state index is -0.207. The normalized spacial score (nSPS) is 11.1. The molecule has 0 fully saturated rings. The Morgan fingerprint density at radius 2 is 1.89 bits per heavy atom. The van der Waals surface area contributed by atoms with Gasteiger partial charge in [-0.05, 0) is 25.3 Å². The Morgan fingerprint density at radius 1 is 1.16 bits per heavy atom. The summed E-state index contributed by atoms with van der Waals surface area (Å²) in [5.41, 5.74) is 1.60. The van der Waals surface area contributed by atoms with Crippen LogP contribution in [0.4, 0.5) is 0 Å². The summed E-state index contributed by atoms with van der Waals surface area (Å²) in [6, 6.07) is 11.4. The summed E-state index contributed by atoms with van der Waals surface area (Å²) in [7, 11) is 0. The molecular weight excluding hydrogens is 238 g/mol. The number of benzene rings is 1. The molecule has 0 N–H and O–H groups in total. The first-order valence-electron chi connectivity index (χ1n) is 6.14. The lowest BCUT2D eigenvalue weighted by Gasteiger charge is -2.11. The number of nitrogens with zero attached hydrogens (tertiary/aromatic N) is 1. The van der Waals surface area contributed by atoms with Crippen molar-refractivity contribution in [2.24, 2.45) is 0 Å². The standard InChI is InChI=1S/C16H13NO2/c1-10-16(11(2)18)15(19)9-14-13-6-4-3-5-12(13)7-8-17(10)14/h3-9H,1-2H3. The maximum atomic E-state index is 12.1. The van der Waals surface area contributed by atoms with Crippen molar-refractivity contribution in [1.82, 2.24) is 4.40 Å². The van der Waals surface area contributed by atoms with Crippen LogP contribution < -0.4 is 5.43 Å². The van der Waals surface area contributed by atoms with Crippen molar-refractivity contribution in [1.29, 1.82) is 0 Å². The van der Waals surface area contributed by atoms with Gasteiger partial charge < -0.3 is 4.40 Å². The lowest BCUT2D eigenvalue weighted by molar-refractivity contribution is 0.101. The van der Waals surface area contributed by atoms with Gasteiger partial charge in [-0.3, -0.25) is 9.59 Å². The van der Waals surface area contributed by atoms with Crippen LogP contribution in [-0.4, -0.2) is 10.2 Å². The molecule has 3 nitrogen and oxygen atoms in total. The molecule has 3 heteroatoms. The maximum absolute atomic E-state index is 12.1.